The molecule has 6 heteroatoms. The number of allylic oxidation sites excluding steroid dienone is 1. The van der Waals surface area contributed by atoms with Crippen LogP contribution in [0, 0.1) is 18.3 Å². The second-order valence-corrected chi connectivity index (χ2v) is 6.88. The lowest BCUT2D eigenvalue weighted by molar-refractivity contribution is -0.166. The van der Waals surface area contributed by atoms with Crippen LogP contribution in [0.5, 0.6) is 0 Å². The minimum Gasteiger partial charge on any atom is -0.459 e. The highest BCUT2D eigenvalue weighted by Crippen LogP contribution is 2.39. The zero-order valence-corrected chi connectivity index (χ0v) is 16.4. The normalized spacial score (nSPS) is 22.1. The quantitative estimate of drug-likeness (QED) is 0.633. The second kappa shape index (κ2) is 10.4. The molecule has 0 saturated heterocycles. The number of hydrogen-bond donors (Lipinski definition) is 2. The number of benzene rings is 1. The van der Waals surface area contributed by atoms with Gasteiger partial charge in [-0.15, -0.1) is 6.42 Å². The SMILES string of the molecule is C#CCNC(=O)C1=C[C@H](c2ccc(Br)cc2)[C@@H](CCCO)[C@H](OCC)O1. The van der Waals surface area contributed by atoms with Crippen LogP contribution in [0.3, 0.4) is 0 Å². The van der Waals surface area contributed by atoms with Gasteiger partial charge in [0.2, 0.25) is 6.29 Å². The fourth-order valence-corrected chi connectivity index (χ4v) is 3.31. The fraction of sp³-hybridized carbons (Fsp3) is 0.450. The van der Waals surface area contributed by atoms with Crippen molar-refractivity contribution in [2.24, 2.45) is 5.92 Å². The molecule has 0 radical (unpaired) electrons. The van der Waals surface area contributed by atoms with Crippen molar-refractivity contribution in [3.05, 3.63) is 46.1 Å². The molecule has 26 heavy (non-hydrogen) atoms. The van der Waals surface area contributed by atoms with Gasteiger partial charge < -0.3 is 19.9 Å². The van der Waals surface area contributed by atoms with Gasteiger partial charge in [0.15, 0.2) is 5.76 Å². The fourth-order valence-electron chi connectivity index (χ4n) is 3.05. The van der Waals surface area contributed by atoms with E-state index in [1.54, 1.807) is 0 Å². The number of amides is 1. The average molecular weight is 422 g/mol. The molecule has 2 N–H and O–H groups in total. The van der Waals surface area contributed by atoms with Crippen LogP contribution in [0.1, 0.15) is 31.2 Å². The Bertz CT molecular complexity index is 665. The topological polar surface area (TPSA) is 67.8 Å². The maximum atomic E-state index is 12.4. The molecular formula is C20H24BrNO4. The minimum absolute atomic E-state index is 0.00698. The van der Waals surface area contributed by atoms with E-state index in [4.69, 9.17) is 15.9 Å². The number of carbonyl (C=O) groups is 1. The van der Waals surface area contributed by atoms with E-state index in [-0.39, 0.29) is 36.7 Å². The standard InChI is InChI=1S/C20H24BrNO4/c1-3-11-22-19(24)18-13-17(14-7-9-15(21)10-8-14)16(6-5-12-23)20(26-18)25-4-2/h1,7-10,13,16-17,20,23H,4-6,11-12H2,2H3,(H,22,24)/t16-,17-,20-/m1/s1. The van der Waals surface area contributed by atoms with Gasteiger partial charge in [0, 0.05) is 29.5 Å². The molecule has 1 aromatic carbocycles. The summed E-state index contributed by atoms with van der Waals surface area (Å²) in [6.07, 6.45) is 7.84. The molecule has 0 aliphatic carbocycles. The van der Waals surface area contributed by atoms with E-state index in [2.05, 4.69) is 27.2 Å². The van der Waals surface area contributed by atoms with Crippen molar-refractivity contribution in [3.63, 3.8) is 0 Å². The van der Waals surface area contributed by atoms with Crippen molar-refractivity contribution in [2.75, 3.05) is 19.8 Å². The van der Waals surface area contributed by atoms with E-state index < -0.39 is 6.29 Å². The summed E-state index contributed by atoms with van der Waals surface area (Å²) in [6.45, 7) is 2.58. The Kier molecular flexibility index (Phi) is 8.17. The molecule has 0 aromatic heterocycles. The van der Waals surface area contributed by atoms with Crippen LogP contribution in [0.2, 0.25) is 0 Å². The van der Waals surface area contributed by atoms with E-state index in [1.807, 2.05) is 37.3 Å². The lowest BCUT2D eigenvalue weighted by atomic mass is 9.80. The number of nitrogens with one attached hydrogen (secondary N) is 1. The predicted octanol–water partition coefficient (Wildman–Crippen LogP) is 2.95. The van der Waals surface area contributed by atoms with Crippen LogP contribution in [-0.2, 0) is 14.3 Å². The van der Waals surface area contributed by atoms with Crippen LogP contribution in [0.4, 0.5) is 0 Å². The summed E-state index contributed by atoms with van der Waals surface area (Å²) in [5.74, 6) is 2.17. The summed E-state index contributed by atoms with van der Waals surface area (Å²) >= 11 is 3.45. The summed E-state index contributed by atoms with van der Waals surface area (Å²) in [5.41, 5.74) is 1.06. The molecule has 1 aliphatic rings. The minimum atomic E-state index is -0.559. The summed E-state index contributed by atoms with van der Waals surface area (Å²) in [6, 6.07) is 7.97. The predicted molar refractivity (Wildman–Crippen MR) is 103 cm³/mol. The molecule has 0 unspecified atom stereocenters. The first-order valence-corrected chi connectivity index (χ1v) is 9.48. The van der Waals surface area contributed by atoms with E-state index in [0.29, 0.717) is 13.0 Å². The van der Waals surface area contributed by atoms with Gasteiger partial charge in [-0.2, -0.15) is 0 Å². The molecule has 1 aromatic rings. The van der Waals surface area contributed by atoms with Crippen LogP contribution in [0.15, 0.2) is 40.6 Å². The van der Waals surface area contributed by atoms with Gasteiger partial charge >= 0.3 is 0 Å². The zero-order chi connectivity index (χ0) is 18.9. The van der Waals surface area contributed by atoms with Crippen molar-refractivity contribution in [2.45, 2.75) is 32.0 Å². The average Bonchev–Trinajstić information content (AvgIpc) is 2.65. The summed E-state index contributed by atoms with van der Waals surface area (Å²) in [7, 11) is 0. The van der Waals surface area contributed by atoms with Crippen LogP contribution in [0.25, 0.3) is 0 Å². The second-order valence-electron chi connectivity index (χ2n) is 5.97. The highest BCUT2D eigenvalue weighted by Gasteiger charge is 2.37. The Morgan fingerprint density at radius 3 is 2.77 bits per heavy atom. The van der Waals surface area contributed by atoms with E-state index in [1.165, 1.54) is 0 Å². The Morgan fingerprint density at radius 2 is 2.15 bits per heavy atom. The van der Waals surface area contributed by atoms with Crippen LogP contribution < -0.4 is 5.32 Å². The van der Waals surface area contributed by atoms with Gasteiger partial charge in [0.1, 0.15) is 0 Å². The molecule has 5 nitrogen and oxygen atoms in total. The Morgan fingerprint density at radius 1 is 1.42 bits per heavy atom. The third-order valence-corrected chi connectivity index (χ3v) is 4.77. The molecule has 140 valence electrons. The van der Waals surface area contributed by atoms with Crippen molar-refractivity contribution in [1.82, 2.24) is 5.32 Å². The molecular weight excluding hydrogens is 398 g/mol. The lowest BCUT2D eigenvalue weighted by Crippen LogP contribution is -2.39. The largest absolute Gasteiger partial charge is 0.459 e. The molecule has 3 atom stereocenters. The van der Waals surface area contributed by atoms with Crippen molar-refractivity contribution in [1.29, 1.82) is 0 Å². The van der Waals surface area contributed by atoms with Gasteiger partial charge in [-0.05, 0) is 43.5 Å². The Balaban J connectivity index is 2.37. The maximum absolute atomic E-state index is 12.4. The van der Waals surface area contributed by atoms with Gasteiger partial charge in [-0.1, -0.05) is 34.0 Å². The van der Waals surface area contributed by atoms with Gasteiger partial charge in [0.25, 0.3) is 5.91 Å². The molecule has 0 saturated carbocycles. The number of aliphatic hydroxyl groups is 1. The monoisotopic (exact) mass is 421 g/mol. The van der Waals surface area contributed by atoms with E-state index in [0.717, 1.165) is 16.5 Å². The van der Waals surface area contributed by atoms with Gasteiger partial charge in [-0.25, -0.2) is 0 Å². The van der Waals surface area contributed by atoms with Crippen molar-refractivity contribution < 1.29 is 19.4 Å². The number of terminal acetylenes is 1. The Hall–Kier alpha value is -1.81. The molecule has 2 rings (SSSR count). The highest BCUT2D eigenvalue weighted by atomic mass is 79.9. The number of ether oxygens (including phenoxy) is 2. The first-order valence-electron chi connectivity index (χ1n) is 8.68. The molecule has 0 bridgehead atoms. The van der Waals surface area contributed by atoms with Crippen LogP contribution in [-0.4, -0.2) is 37.1 Å². The molecule has 0 spiro atoms. The van der Waals surface area contributed by atoms with Crippen molar-refractivity contribution in [3.8, 4) is 12.3 Å². The number of halogens is 1. The first-order chi connectivity index (χ1) is 12.6. The highest BCUT2D eigenvalue weighted by molar-refractivity contribution is 9.10. The first kappa shape index (κ1) is 20.5. The molecule has 1 heterocycles. The van der Waals surface area contributed by atoms with Crippen LogP contribution >= 0.6 is 15.9 Å². The van der Waals surface area contributed by atoms with Gasteiger partial charge in [-0.3, -0.25) is 4.79 Å². The van der Waals surface area contributed by atoms with E-state index in [9.17, 15) is 9.90 Å². The van der Waals surface area contributed by atoms with Gasteiger partial charge in [0.05, 0.1) is 6.54 Å². The third-order valence-electron chi connectivity index (χ3n) is 4.24. The lowest BCUT2D eigenvalue weighted by Gasteiger charge is -2.37. The smallest absolute Gasteiger partial charge is 0.286 e. The maximum Gasteiger partial charge on any atom is 0.286 e. The summed E-state index contributed by atoms with van der Waals surface area (Å²) < 4.78 is 12.6. The summed E-state index contributed by atoms with van der Waals surface area (Å²) in [5, 5.41) is 11.9. The molecule has 0 fully saturated rings. The van der Waals surface area contributed by atoms with E-state index >= 15 is 0 Å². The zero-order valence-electron chi connectivity index (χ0n) is 14.8. The van der Waals surface area contributed by atoms with Crippen molar-refractivity contribution >= 4 is 21.8 Å². The summed E-state index contributed by atoms with van der Waals surface area (Å²) in [4.78, 5) is 12.4. The number of carbonyl (C=O) groups excluding carboxylic acids is 1. The molecule has 1 amide bonds. The number of hydrogen-bond acceptors (Lipinski definition) is 4. The molecule has 1 aliphatic heterocycles. The Labute approximate surface area is 162 Å². The number of aliphatic hydroxyl groups excluding tert-OH is 1. The third kappa shape index (κ3) is 5.34. The number of rotatable bonds is 8.